The number of thioether (sulfide) groups is 1. The van der Waals surface area contributed by atoms with Crippen LogP contribution in [0, 0.1) is 0 Å². The first-order chi connectivity index (χ1) is 14.0. The van der Waals surface area contributed by atoms with Crippen LogP contribution in [-0.2, 0) is 11.2 Å². The normalized spacial score (nSPS) is 15.5. The predicted molar refractivity (Wildman–Crippen MR) is 124 cm³/mol. The Bertz CT molecular complexity index is 1110. The summed E-state index contributed by atoms with van der Waals surface area (Å²) in [5.74, 6) is 1.07. The highest BCUT2D eigenvalue weighted by atomic mass is 35.5. The van der Waals surface area contributed by atoms with Crippen molar-refractivity contribution >= 4 is 63.5 Å². The molecule has 0 saturated carbocycles. The molecule has 2 aromatic carbocycles. The van der Waals surface area contributed by atoms with Crippen molar-refractivity contribution in [2.75, 3.05) is 6.54 Å². The Morgan fingerprint density at radius 3 is 2.62 bits per heavy atom. The summed E-state index contributed by atoms with van der Waals surface area (Å²) in [6, 6.07) is 18.9. The van der Waals surface area contributed by atoms with E-state index in [0.717, 1.165) is 12.0 Å². The average molecular weight is 460 g/mol. The van der Waals surface area contributed by atoms with E-state index in [2.05, 4.69) is 0 Å². The third kappa shape index (κ3) is 4.59. The molecule has 0 N–H and O–H groups in total. The Kier molecular flexibility index (Phi) is 6.11. The second-order valence-electron chi connectivity index (χ2n) is 6.40. The van der Waals surface area contributed by atoms with Crippen molar-refractivity contribution in [1.29, 1.82) is 0 Å². The quantitative estimate of drug-likeness (QED) is 0.314. The number of furan rings is 1. The predicted octanol–water partition coefficient (Wildman–Crippen LogP) is 6.70. The number of benzene rings is 2. The van der Waals surface area contributed by atoms with Crippen LogP contribution in [0.1, 0.15) is 11.3 Å². The Labute approximate surface area is 188 Å². The lowest BCUT2D eigenvalue weighted by Crippen LogP contribution is -2.30. The van der Waals surface area contributed by atoms with Gasteiger partial charge in [0.1, 0.15) is 15.8 Å². The summed E-state index contributed by atoms with van der Waals surface area (Å²) in [5, 5.41) is 1.07. The lowest BCUT2D eigenvalue weighted by atomic mass is 10.1. The minimum Gasteiger partial charge on any atom is -0.457 e. The van der Waals surface area contributed by atoms with Crippen molar-refractivity contribution in [1.82, 2.24) is 4.90 Å². The fraction of sp³-hybridized carbons (Fsp3) is 0.0909. The van der Waals surface area contributed by atoms with Gasteiger partial charge in [-0.15, -0.1) is 0 Å². The van der Waals surface area contributed by atoms with E-state index < -0.39 is 0 Å². The van der Waals surface area contributed by atoms with Gasteiger partial charge in [0.05, 0.1) is 9.93 Å². The van der Waals surface area contributed by atoms with Crippen molar-refractivity contribution in [2.45, 2.75) is 6.42 Å². The molecule has 1 aromatic heterocycles. The fourth-order valence-corrected chi connectivity index (χ4v) is 4.76. The second kappa shape index (κ2) is 8.76. The molecule has 7 heteroatoms. The van der Waals surface area contributed by atoms with Crippen LogP contribution in [-0.4, -0.2) is 21.7 Å². The topological polar surface area (TPSA) is 33.5 Å². The van der Waals surface area contributed by atoms with Crippen LogP contribution >= 0.6 is 47.2 Å². The van der Waals surface area contributed by atoms with Gasteiger partial charge in [0.2, 0.25) is 0 Å². The largest absolute Gasteiger partial charge is 0.457 e. The Balaban J connectivity index is 1.49. The smallest absolute Gasteiger partial charge is 0.266 e. The summed E-state index contributed by atoms with van der Waals surface area (Å²) in [6.45, 7) is 0.551. The summed E-state index contributed by atoms with van der Waals surface area (Å²) in [6.07, 6.45) is 2.47. The van der Waals surface area contributed by atoms with Crippen LogP contribution in [0.15, 0.2) is 70.0 Å². The Morgan fingerprint density at radius 1 is 1.07 bits per heavy atom. The van der Waals surface area contributed by atoms with Crippen molar-refractivity contribution < 1.29 is 9.21 Å². The van der Waals surface area contributed by atoms with E-state index in [0.29, 0.717) is 37.3 Å². The van der Waals surface area contributed by atoms with E-state index in [-0.39, 0.29) is 5.91 Å². The first kappa shape index (κ1) is 20.2. The molecule has 0 radical (unpaired) electrons. The summed E-state index contributed by atoms with van der Waals surface area (Å²) < 4.78 is 6.43. The molecule has 1 aliphatic rings. The van der Waals surface area contributed by atoms with E-state index in [1.54, 1.807) is 35.2 Å². The molecule has 0 aliphatic carbocycles. The summed E-state index contributed by atoms with van der Waals surface area (Å²) >= 11 is 18.9. The molecule has 1 amide bonds. The van der Waals surface area contributed by atoms with Crippen LogP contribution in [0.5, 0.6) is 0 Å². The van der Waals surface area contributed by atoms with Gasteiger partial charge in [-0.1, -0.05) is 77.5 Å². The molecular weight excluding hydrogens is 445 g/mol. The maximum absolute atomic E-state index is 12.8. The summed E-state index contributed by atoms with van der Waals surface area (Å²) in [5.41, 5.74) is 1.91. The first-order valence-corrected chi connectivity index (χ1v) is 10.8. The van der Waals surface area contributed by atoms with E-state index in [9.17, 15) is 4.79 Å². The molecule has 1 aliphatic heterocycles. The summed E-state index contributed by atoms with van der Waals surface area (Å²) in [4.78, 5) is 15.0. The monoisotopic (exact) mass is 459 g/mol. The molecule has 3 nitrogen and oxygen atoms in total. The lowest BCUT2D eigenvalue weighted by molar-refractivity contribution is -0.122. The zero-order valence-corrected chi connectivity index (χ0v) is 18.2. The van der Waals surface area contributed by atoms with Gasteiger partial charge in [0.25, 0.3) is 5.91 Å². The van der Waals surface area contributed by atoms with Crippen LogP contribution in [0.3, 0.4) is 0 Å². The van der Waals surface area contributed by atoms with Gasteiger partial charge in [-0.2, -0.15) is 0 Å². The van der Waals surface area contributed by atoms with Gasteiger partial charge >= 0.3 is 0 Å². The Morgan fingerprint density at radius 2 is 1.86 bits per heavy atom. The SMILES string of the molecule is O=C1/C(=C/c2ccc(-c3ccc(Cl)cc3Cl)o2)SC(=S)N1CCc1ccccc1. The number of nitrogens with zero attached hydrogens (tertiary/aromatic N) is 1. The van der Waals surface area contributed by atoms with E-state index in [1.165, 1.54) is 17.3 Å². The number of hydrogen-bond donors (Lipinski definition) is 0. The van der Waals surface area contributed by atoms with Crippen LogP contribution in [0.2, 0.25) is 10.0 Å². The average Bonchev–Trinajstić information content (AvgIpc) is 3.26. The molecule has 1 saturated heterocycles. The van der Waals surface area contributed by atoms with Gasteiger partial charge in [-0.05, 0) is 42.3 Å². The fourth-order valence-electron chi connectivity index (χ4n) is 2.97. The maximum Gasteiger partial charge on any atom is 0.266 e. The number of rotatable bonds is 5. The lowest BCUT2D eigenvalue weighted by Gasteiger charge is -2.14. The number of carbonyl (C=O) groups excluding carboxylic acids is 1. The Hall–Kier alpha value is -2.05. The molecule has 0 atom stereocenters. The zero-order valence-electron chi connectivity index (χ0n) is 15.1. The van der Waals surface area contributed by atoms with Crippen LogP contribution < -0.4 is 0 Å². The number of amides is 1. The highest BCUT2D eigenvalue weighted by Crippen LogP contribution is 2.35. The molecule has 3 aromatic rings. The molecule has 2 heterocycles. The van der Waals surface area contributed by atoms with E-state index in [1.807, 2.05) is 36.4 Å². The van der Waals surface area contributed by atoms with Gasteiger partial charge in [0.15, 0.2) is 0 Å². The molecule has 0 spiro atoms. The molecule has 0 bridgehead atoms. The number of halogens is 2. The highest BCUT2D eigenvalue weighted by molar-refractivity contribution is 8.26. The molecular formula is C22H15Cl2NO2S2. The van der Waals surface area contributed by atoms with Crippen molar-refractivity contribution in [3.63, 3.8) is 0 Å². The van der Waals surface area contributed by atoms with Crippen molar-refractivity contribution in [3.8, 4) is 11.3 Å². The molecule has 29 heavy (non-hydrogen) atoms. The minimum atomic E-state index is -0.0987. The van der Waals surface area contributed by atoms with E-state index >= 15 is 0 Å². The van der Waals surface area contributed by atoms with Crippen LogP contribution in [0.4, 0.5) is 0 Å². The molecule has 0 unspecified atom stereocenters. The van der Waals surface area contributed by atoms with Crippen molar-refractivity contribution in [2.24, 2.45) is 0 Å². The standard InChI is InChI=1S/C22H15Cl2NO2S2/c23-15-6-8-17(18(24)12-15)19-9-7-16(27-19)13-20-21(26)25(22(28)29-20)11-10-14-4-2-1-3-5-14/h1-9,12-13H,10-11H2/b20-13-. The number of carbonyl (C=O) groups is 1. The third-order valence-electron chi connectivity index (χ3n) is 4.44. The maximum atomic E-state index is 12.8. The van der Waals surface area contributed by atoms with Gasteiger partial charge in [0, 0.05) is 23.2 Å². The van der Waals surface area contributed by atoms with Gasteiger partial charge in [-0.25, -0.2) is 0 Å². The van der Waals surface area contributed by atoms with Gasteiger partial charge < -0.3 is 4.42 Å². The minimum absolute atomic E-state index is 0.0987. The number of thiocarbonyl (C=S) groups is 1. The second-order valence-corrected chi connectivity index (χ2v) is 8.91. The first-order valence-electron chi connectivity index (χ1n) is 8.86. The summed E-state index contributed by atoms with van der Waals surface area (Å²) in [7, 11) is 0. The van der Waals surface area contributed by atoms with Gasteiger partial charge in [-0.3, -0.25) is 9.69 Å². The van der Waals surface area contributed by atoms with Crippen LogP contribution in [0.25, 0.3) is 17.4 Å². The molecule has 4 rings (SSSR count). The van der Waals surface area contributed by atoms with E-state index in [4.69, 9.17) is 39.8 Å². The highest BCUT2D eigenvalue weighted by Gasteiger charge is 2.31. The third-order valence-corrected chi connectivity index (χ3v) is 6.36. The molecule has 1 fully saturated rings. The molecule has 146 valence electrons. The number of hydrogen-bond acceptors (Lipinski definition) is 4. The zero-order chi connectivity index (χ0) is 20.4. The van der Waals surface area contributed by atoms with Crippen molar-refractivity contribution in [3.05, 3.63) is 86.9 Å².